The summed E-state index contributed by atoms with van der Waals surface area (Å²) in [6, 6.07) is 18.9. The van der Waals surface area contributed by atoms with Crippen molar-refractivity contribution in [2.24, 2.45) is 11.7 Å². The van der Waals surface area contributed by atoms with Gasteiger partial charge in [-0.15, -0.1) is 0 Å². The Kier molecular flexibility index (Phi) is 13.3. The van der Waals surface area contributed by atoms with E-state index in [1.54, 1.807) is 42.5 Å². The SMILES string of the molecule is CC(C)C[C@H](NC(=O)CP(=O)(O)C(Cc1ccccc1)NC(=O)c1ccc(Br)o1)C(=O)N[C@@H](CC=Cc1ccccc1)C(N)=O. The number of primary amides is 1. The fourth-order valence-corrected chi connectivity index (χ4v) is 6.32. The van der Waals surface area contributed by atoms with E-state index < -0.39 is 55.0 Å². The van der Waals surface area contributed by atoms with Crippen LogP contribution >= 0.6 is 23.3 Å². The largest absolute Gasteiger partial charge is 0.444 e. The lowest BCUT2D eigenvalue weighted by Crippen LogP contribution is -2.53. The van der Waals surface area contributed by atoms with Crippen LogP contribution in [0.15, 0.2) is 88.0 Å². The molecule has 4 atom stereocenters. The number of hydrogen-bond donors (Lipinski definition) is 5. The number of rotatable bonds is 16. The van der Waals surface area contributed by atoms with Gasteiger partial charge in [0, 0.05) is 6.42 Å². The monoisotopic (exact) mass is 700 g/mol. The Morgan fingerprint density at radius 2 is 1.58 bits per heavy atom. The number of halogens is 1. The molecule has 0 fully saturated rings. The molecule has 0 aliphatic carbocycles. The Hall–Kier alpha value is -3.99. The summed E-state index contributed by atoms with van der Waals surface area (Å²) in [5.74, 6) is -4.47. The number of benzene rings is 2. The van der Waals surface area contributed by atoms with Crippen LogP contribution in [-0.2, 0) is 25.4 Å². The van der Waals surface area contributed by atoms with Gasteiger partial charge in [-0.05, 0) is 57.9 Å². The normalized spacial score (nSPS) is 14.7. The first-order valence-electron chi connectivity index (χ1n) is 14.4. The van der Waals surface area contributed by atoms with Crippen molar-refractivity contribution in [2.45, 2.75) is 51.0 Å². The lowest BCUT2D eigenvalue weighted by molar-refractivity contribution is -0.131. The molecule has 6 N–H and O–H groups in total. The van der Waals surface area contributed by atoms with Crippen molar-refractivity contribution < 1.29 is 33.1 Å². The second kappa shape index (κ2) is 16.9. The number of nitrogens with two attached hydrogens (primary N) is 1. The first kappa shape index (κ1) is 35.5. The molecule has 3 aromatic rings. The minimum absolute atomic E-state index is 0.0395. The van der Waals surface area contributed by atoms with Crippen molar-refractivity contribution in [3.63, 3.8) is 0 Å². The van der Waals surface area contributed by atoms with Gasteiger partial charge >= 0.3 is 0 Å². The second-order valence-corrected chi connectivity index (χ2v) is 14.2. The third-order valence-electron chi connectivity index (χ3n) is 6.72. The highest BCUT2D eigenvalue weighted by atomic mass is 79.9. The molecular formula is C32H38BrN4O7P. The molecule has 2 unspecified atom stereocenters. The van der Waals surface area contributed by atoms with E-state index in [4.69, 9.17) is 10.2 Å². The average molecular weight is 702 g/mol. The van der Waals surface area contributed by atoms with Crippen molar-refractivity contribution in [3.8, 4) is 0 Å². The molecule has 4 amide bonds. The molecule has 13 heteroatoms. The zero-order chi connectivity index (χ0) is 33.0. The third-order valence-corrected chi connectivity index (χ3v) is 9.18. The van der Waals surface area contributed by atoms with Crippen molar-refractivity contribution in [3.05, 3.63) is 100 Å². The lowest BCUT2D eigenvalue weighted by atomic mass is 10.0. The number of nitrogens with one attached hydrogen (secondary N) is 3. The smallest absolute Gasteiger partial charge is 0.287 e. The van der Waals surface area contributed by atoms with Crippen LogP contribution in [0.4, 0.5) is 0 Å². The molecule has 0 spiro atoms. The summed E-state index contributed by atoms with van der Waals surface area (Å²) >= 11 is 3.12. The number of carbonyl (C=O) groups excluding carboxylic acids is 4. The second-order valence-electron chi connectivity index (χ2n) is 11.0. The highest BCUT2D eigenvalue weighted by Gasteiger charge is 2.37. The van der Waals surface area contributed by atoms with Crippen molar-refractivity contribution in [1.29, 1.82) is 0 Å². The predicted molar refractivity (Wildman–Crippen MR) is 175 cm³/mol. The third kappa shape index (κ3) is 11.8. The summed E-state index contributed by atoms with van der Waals surface area (Å²) < 4.78 is 19.2. The number of amides is 4. The summed E-state index contributed by atoms with van der Waals surface area (Å²) in [6.45, 7) is 3.69. The van der Waals surface area contributed by atoms with E-state index in [0.717, 1.165) is 5.56 Å². The first-order chi connectivity index (χ1) is 21.3. The Bertz CT molecular complexity index is 1530. The summed E-state index contributed by atoms with van der Waals surface area (Å²) in [4.78, 5) is 62.5. The van der Waals surface area contributed by atoms with E-state index in [0.29, 0.717) is 10.2 Å². The number of furan rings is 1. The molecule has 3 rings (SSSR count). The van der Waals surface area contributed by atoms with Gasteiger partial charge in [-0.3, -0.25) is 23.7 Å². The van der Waals surface area contributed by atoms with E-state index in [1.165, 1.54) is 12.1 Å². The van der Waals surface area contributed by atoms with Crippen molar-refractivity contribution >= 4 is 53.0 Å². The Labute approximate surface area is 270 Å². The van der Waals surface area contributed by atoms with Gasteiger partial charge in [0.2, 0.25) is 25.1 Å². The van der Waals surface area contributed by atoms with Crippen molar-refractivity contribution in [1.82, 2.24) is 16.0 Å². The molecule has 0 aliphatic heterocycles. The Morgan fingerprint density at radius 1 is 0.933 bits per heavy atom. The first-order valence-corrected chi connectivity index (χ1v) is 17.1. The summed E-state index contributed by atoms with van der Waals surface area (Å²) in [6.07, 6.45) is 2.92. The number of hydrogen-bond acceptors (Lipinski definition) is 6. The molecule has 0 aliphatic rings. The molecule has 45 heavy (non-hydrogen) atoms. The molecule has 11 nitrogen and oxygen atoms in total. The fraction of sp³-hybridized carbons (Fsp3) is 0.312. The van der Waals surface area contributed by atoms with E-state index >= 15 is 0 Å². The van der Waals surface area contributed by atoms with Gasteiger partial charge in [0.1, 0.15) is 24.0 Å². The predicted octanol–water partition coefficient (Wildman–Crippen LogP) is 4.22. The summed E-state index contributed by atoms with van der Waals surface area (Å²) in [7, 11) is -4.41. The van der Waals surface area contributed by atoms with Crippen LogP contribution in [0, 0.1) is 5.92 Å². The van der Waals surface area contributed by atoms with Crippen LogP contribution in [0.25, 0.3) is 6.08 Å². The molecule has 2 aromatic carbocycles. The van der Waals surface area contributed by atoms with Gasteiger partial charge in [0.25, 0.3) is 5.91 Å². The molecular weight excluding hydrogens is 663 g/mol. The lowest BCUT2D eigenvalue weighted by Gasteiger charge is -2.26. The maximum absolute atomic E-state index is 13.6. The van der Waals surface area contributed by atoms with Crippen LogP contribution in [0.2, 0.25) is 0 Å². The van der Waals surface area contributed by atoms with E-state index in [2.05, 4.69) is 31.9 Å². The van der Waals surface area contributed by atoms with Crippen LogP contribution in [0.3, 0.4) is 0 Å². The van der Waals surface area contributed by atoms with Crippen LogP contribution in [0.1, 0.15) is 48.4 Å². The van der Waals surface area contributed by atoms with Gasteiger partial charge in [-0.1, -0.05) is 86.7 Å². The zero-order valence-corrected chi connectivity index (χ0v) is 27.5. The maximum atomic E-state index is 13.6. The molecule has 1 aromatic heterocycles. The topological polar surface area (TPSA) is 181 Å². The van der Waals surface area contributed by atoms with Gasteiger partial charge in [-0.25, -0.2) is 0 Å². The minimum Gasteiger partial charge on any atom is -0.444 e. The van der Waals surface area contributed by atoms with E-state index in [1.807, 2.05) is 44.2 Å². The molecule has 0 radical (unpaired) electrons. The molecule has 0 saturated heterocycles. The van der Waals surface area contributed by atoms with E-state index in [9.17, 15) is 28.6 Å². The fourth-order valence-electron chi connectivity index (χ4n) is 4.47. The standard InChI is InChI=1S/C32H38BrN4O7P/c1-21(2)18-25(31(40)36-24(30(34)39)15-9-14-22-10-5-3-6-11-22)35-28(38)20-45(42,43)29(19-23-12-7-4-8-13-23)37-32(41)26-16-17-27(33)44-26/h3-14,16-17,21,24-25,29H,15,18-20H2,1-2H3,(H2,34,39)(H,35,38)(H,36,40)(H,37,41)(H,42,43)/t24-,25-,29?/m0/s1. The molecule has 1 heterocycles. The van der Waals surface area contributed by atoms with Gasteiger partial charge < -0.3 is 31.0 Å². The zero-order valence-electron chi connectivity index (χ0n) is 25.0. The van der Waals surface area contributed by atoms with Crippen LogP contribution < -0.4 is 21.7 Å². The maximum Gasteiger partial charge on any atom is 0.287 e. The number of carbonyl (C=O) groups is 4. The van der Waals surface area contributed by atoms with Crippen LogP contribution in [-0.4, -0.2) is 52.6 Å². The Morgan fingerprint density at radius 3 is 2.16 bits per heavy atom. The minimum atomic E-state index is -4.41. The van der Waals surface area contributed by atoms with E-state index in [-0.39, 0.29) is 30.9 Å². The van der Waals surface area contributed by atoms with Gasteiger partial charge in [0.05, 0.1) is 0 Å². The van der Waals surface area contributed by atoms with Gasteiger partial charge in [0.15, 0.2) is 10.4 Å². The highest BCUT2D eigenvalue weighted by Crippen LogP contribution is 2.46. The van der Waals surface area contributed by atoms with Crippen LogP contribution in [0.5, 0.6) is 0 Å². The Balaban J connectivity index is 1.72. The highest BCUT2D eigenvalue weighted by molar-refractivity contribution is 9.10. The summed E-state index contributed by atoms with van der Waals surface area (Å²) in [5, 5.41) is 7.68. The van der Waals surface area contributed by atoms with Gasteiger partial charge in [-0.2, -0.15) is 0 Å². The van der Waals surface area contributed by atoms with Crippen molar-refractivity contribution in [2.75, 3.05) is 6.16 Å². The molecule has 0 saturated carbocycles. The molecule has 0 bridgehead atoms. The molecule has 240 valence electrons. The quantitative estimate of drug-likeness (QED) is 0.139. The summed E-state index contributed by atoms with van der Waals surface area (Å²) in [5.41, 5.74) is 7.11. The average Bonchev–Trinajstić information content (AvgIpc) is 3.42.